The summed E-state index contributed by atoms with van der Waals surface area (Å²) in [5.74, 6) is 0.903. The zero-order valence-electron chi connectivity index (χ0n) is 9.90. The van der Waals surface area contributed by atoms with E-state index in [2.05, 4.69) is 6.92 Å². The first-order chi connectivity index (χ1) is 7.27. The first-order valence-electron chi connectivity index (χ1n) is 5.74. The summed E-state index contributed by atoms with van der Waals surface area (Å²) in [7, 11) is 0. The van der Waals surface area contributed by atoms with Gasteiger partial charge in [-0.15, -0.1) is 0 Å². The van der Waals surface area contributed by atoms with E-state index in [9.17, 15) is 0 Å². The minimum absolute atomic E-state index is 0.0576. The second-order valence-corrected chi connectivity index (χ2v) is 4.85. The lowest BCUT2D eigenvalue weighted by Crippen LogP contribution is -2.23. The number of thioether (sulfide) groups is 1. The average molecular weight is 234 g/mol. The van der Waals surface area contributed by atoms with Crippen LogP contribution in [0.25, 0.3) is 0 Å². The standard InChI is InChI=1S/C11H22O3S/c1-4-12-11(13-5-2)8-15-10-6-7-14-9(10)3/h9-11H,4-8H2,1-3H3. The Balaban J connectivity index is 2.19. The van der Waals surface area contributed by atoms with Gasteiger partial charge in [-0.05, 0) is 27.2 Å². The molecule has 0 radical (unpaired) electrons. The maximum Gasteiger partial charge on any atom is 0.166 e. The van der Waals surface area contributed by atoms with Crippen LogP contribution in [0.4, 0.5) is 0 Å². The molecule has 1 heterocycles. The fourth-order valence-corrected chi connectivity index (χ4v) is 2.86. The number of hydrogen-bond acceptors (Lipinski definition) is 4. The highest BCUT2D eigenvalue weighted by atomic mass is 32.2. The molecule has 0 aromatic heterocycles. The van der Waals surface area contributed by atoms with Crippen LogP contribution in [0.5, 0.6) is 0 Å². The van der Waals surface area contributed by atoms with Crippen molar-refractivity contribution in [2.75, 3.05) is 25.6 Å². The highest BCUT2D eigenvalue weighted by Gasteiger charge is 2.25. The molecule has 3 nitrogen and oxygen atoms in total. The van der Waals surface area contributed by atoms with Crippen LogP contribution < -0.4 is 0 Å². The van der Waals surface area contributed by atoms with Crippen LogP contribution in [0.1, 0.15) is 27.2 Å². The Morgan fingerprint density at radius 1 is 1.33 bits per heavy atom. The molecule has 0 spiro atoms. The second-order valence-electron chi connectivity index (χ2n) is 3.58. The summed E-state index contributed by atoms with van der Waals surface area (Å²) in [5, 5.41) is 0.605. The van der Waals surface area contributed by atoms with E-state index in [1.165, 1.54) is 0 Å². The molecule has 0 amide bonds. The van der Waals surface area contributed by atoms with Gasteiger partial charge >= 0.3 is 0 Å². The Labute approximate surface area is 96.8 Å². The third-order valence-corrected chi connectivity index (χ3v) is 3.97. The van der Waals surface area contributed by atoms with Gasteiger partial charge < -0.3 is 14.2 Å². The molecule has 0 N–H and O–H groups in total. The van der Waals surface area contributed by atoms with E-state index < -0.39 is 0 Å². The molecule has 0 bridgehead atoms. The van der Waals surface area contributed by atoms with Gasteiger partial charge in [0, 0.05) is 30.8 Å². The smallest absolute Gasteiger partial charge is 0.166 e. The summed E-state index contributed by atoms with van der Waals surface area (Å²) in [5.41, 5.74) is 0. The Hall–Kier alpha value is 0.230. The monoisotopic (exact) mass is 234 g/mol. The predicted molar refractivity (Wildman–Crippen MR) is 63.3 cm³/mol. The van der Waals surface area contributed by atoms with Crippen molar-refractivity contribution in [3.05, 3.63) is 0 Å². The van der Waals surface area contributed by atoms with Crippen LogP contribution in [0, 0.1) is 0 Å². The highest BCUT2D eigenvalue weighted by Crippen LogP contribution is 2.27. The molecule has 2 unspecified atom stereocenters. The van der Waals surface area contributed by atoms with Gasteiger partial charge in [-0.3, -0.25) is 0 Å². The van der Waals surface area contributed by atoms with E-state index in [1.807, 2.05) is 25.6 Å². The van der Waals surface area contributed by atoms with Gasteiger partial charge in [0.1, 0.15) is 0 Å². The Morgan fingerprint density at radius 3 is 2.47 bits per heavy atom. The summed E-state index contributed by atoms with van der Waals surface area (Å²) in [4.78, 5) is 0. The van der Waals surface area contributed by atoms with E-state index in [0.29, 0.717) is 24.6 Å². The van der Waals surface area contributed by atoms with E-state index in [0.717, 1.165) is 18.8 Å². The summed E-state index contributed by atoms with van der Waals surface area (Å²) in [6.45, 7) is 8.45. The lowest BCUT2D eigenvalue weighted by atomic mass is 10.3. The van der Waals surface area contributed by atoms with Crippen LogP contribution in [0.2, 0.25) is 0 Å². The topological polar surface area (TPSA) is 27.7 Å². The van der Waals surface area contributed by atoms with Crippen molar-refractivity contribution in [2.24, 2.45) is 0 Å². The van der Waals surface area contributed by atoms with Gasteiger partial charge in [-0.2, -0.15) is 11.8 Å². The van der Waals surface area contributed by atoms with Crippen LogP contribution >= 0.6 is 11.8 Å². The molecule has 4 heteroatoms. The molecular formula is C11H22O3S. The van der Waals surface area contributed by atoms with Crippen molar-refractivity contribution in [2.45, 2.75) is 44.8 Å². The second kappa shape index (κ2) is 7.49. The van der Waals surface area contributed by atoms with Crippen LogP contribution in [0.3, 0.4) is 0 Å². The molecule has 90 valence electrons. The normalized spacial score (nSPS) is 26.4. The molecular weight excluding hydrogens is 212 g/mol. The summed E-state index contributed by atoms with van der Waals surface area (Å²) in [6.07, 6.45) is 1.47. The predicted octanol–water partition coefficient (Wildman–Crippen LogP) is 2.30. The quantitative estimate of drug-likeness (QED) is 0.632. The summed E-state index contributed by atoms with van der Waals surface area (Å²) < 4.78 is 16.5. The third kappa shape index (κ3) is 4.72. The molecule has 0 aromatic carbocycles. The number of ether oxygens (including phenoxy) is 3. The maximum absolute atomic E-state index is 5.52. The van der Waals surface area contributed by atoms with Gasteiger partial charge in [0.2, 0.25) is 0 Å². The minimum atomic E-state index is -0.0576. The summed E-state index contributed by atoms with van der Waals surface area (Å²) in [6, 6.07) is 0. The van der Waals surface area contributed by atoms with E-state index >= 15 is 0 Å². The Bertz CT molecular complexity index is 160. The number of rotatable bonds is 7. The van der Waals surface area contributed by atoms with Crippen LogP contribution in [0.15, 0.2) is 0 Å². The van der Waals surface area contributed by atoms with E-state index in [4.69, 9.17) is 14.2 Å². The molecule has 0 saturated carbocycles. The fourth-order valence-electron chi connectivity index (χ4n) is 1.65. The average Bonchev–Trinajstić information content (AvgIpc) is 2.61. The minimum Gasteiger partial charge on any atom is -0.377 e. The Morgan fingerprint density at radius 2 is 2.00 bits per heavy atom. The highest BCUT2D eigenvalue weighted by molar-refractivity contribution is 8.00. The van der Waals surface area contributed by atoms with Crippen molar-refractivity contribution >= 4 is 11.8 Å². The zero-order valence-corrected chi connectivity index (χ0v) is 10.7. The molecule has 0 aliphatic carbocycles. The van der Waals surface area contributed by atoms with Crippen LogP contribution in [-0.4, -0.2) is 43.2 Å². The van der Waals surface area contributed by atoms with Gasteiger partial charge in [0.15, 0.2) is 6.29 Å². The van der Waals surface area contributed by atoms with Gasteiger partial charge in [0.05, 0.1) is 6.10 Å². The number of hydrogen-bond donors (Lipinski definition) is 0. The van der Waals surface area contributed by atoms with E-state index in [-0.39, 0.29) is 6.29 Å². The molecule has 1 saturated heterocycles. The first-order valence-corrected chi connectivity index (χ1v) is 6.79. The van der Waals surface area contributed by atoms with Gasteiger partial charge in [-0.25, -0.2) is 0 Å². The third-order valence-electron chi connectivity index (χ3n) is 2.46. The largest absolute Gasteiger partial charge is 0.377 e. The summed E-state index contributed by atoms with van der Waals surface area (Å²) >= 11 is 1.91. The molecule has 1 aliphatic heterocycles. The van der Waals surface area contributed by atoms with Crippen molar-refractivity contribution in [1.29, 1.82) is 0 Å². The van der Waals surface area contributed by atoms with E-state index in [1.54, 1.807) is 0 Å². The molecule has 2 atom stereocenters. The molecule has 1 rings (SSSR count). The van der Waals surface area contributed by atoms with Crippen molar-refractivity contribution < 1.29 is 14.2 Å². The molecule has 1 fully saturated rings. The van der Waals surface area contributed by atoms with Crippen LogP contribution in [-0.2, 0) is 14.2 Å². The lowest BCUT2D eigenvalue weighted by Gasteiger charge is -2.19. The van der Waals surface area contributed by atoms with Gasteiger partial charge in [-0.1, -0.05) is 0 Å². The SMILES string of the molecule is CCOC(CSC1CCOC1C)OCC. The zero-order chi connectivity index (χ0) is 11.1. The molecule has 15 heavy (non-hydrogen) atoms. The van der Waals surface area contributed by atoms with Crippen molar-refractivity contribution in [3.63, 3.8) is 0 Å². The van der Waals surface area contributed by atoms with Gasteiger partial charge in [0.25, 0.3) is 0 Å². The molecule has 1 aliphatic rings. The molecule has 0 aromatic rings. The fraction of sp³-hybridized carbons (Fsp3) is 1.00. The van der Waals surface area contributed by atoms with Crippen molar-refractivity contribution in [1.82, 2.24) is 0 Å². The van der Waals surface area contributed by atoms with Crippen molar-refractivity contribution in [3.8, 4) is 0 Å². The Kier molecular flexibility index (Phi) is 6.64. The lowest BCUT2D eigenvalue weighted by molar-refractivity contribution is -0.120. The first kappa shape index (κ1) is 13.3. The maximum atomic E-state index is 5.52.